The molecular weight excluding hydrogens is 257 g/mol. The molecule has 0 spiro atoms. The smallest absolute Gasteiger partial charge is 0.109 e. The van der Waals surface area contributed by atoms with E-state index in [9.17, 15) is 4.39 Å². The number of nitrogens with zero attached hydrogens (tertiary/aromatic N) is 4. The van der Waals surface area contributed by atoms with Crippen LogP contribution in [0, 0.1) is 6.92 Å². The number of halogens is 1. The van der Waals surface area contributed by atoms with Crippen LogP contribution in [0.1, 0.15) is 37.7 Å². The third-order valence-corrected chi connectivity index (χ3v) is 3.62. The van der Waals surface area contributed by atoms with Gasteiger partial charge in [0, 0.05) is 12.2 Å². The first-order valence-corrected chi connectivity index (χ1v) is 7.02. The van der Waals surface area contributed by atoms with E-state index in [1.165, 1.54) is 0 Å². The highest BCUT2D eigenvalue weighted by Crippen LogP contribution is 2.17. The SMILES string of the molecule is CCC(C)n1nccc1CNc1cnn(CCF)c1C. The summed E-state index contributed by atoms with van der Waals surface area (Å²) in [7, 11) is 0. The van der Waals surface area contributed by atoms with Crippen molar-refractivity contribution in [3.8, 4) is 0 Å². The Kier molecular flexibility index (Phi) is 4.76. The average Bonchev–Trinajstić information content (AvgIpc) is 3.05. The Balaban J connectivity index is 2.04. The molecule has 110 valence electrons. The van der Waals surface area contributed by atoms with Gasteiger partial charge >= 0.3 is 0 Å². The lowest BCUT2D eigenvalue weighted by Gasteiger charge is -2.14. The van der Waals surface area contributed by atoms with Crippen LogP contribution >= 0.6 is 0 Å². The lowest BCUT2D eigenvalue weighted by atomic mass is 10.2. The molecule has 0 fully saturated rings. The summed E-state index contributed by atoms with van der Waals surface area (Å²) in [4.78, 5) is 0. The molecule has 0 saturated heterocycles. The van der Waals surface area contributed by atoms with E-state index in [2.05, 4.69) is 29.4 Å². The van der Waals surface area contributed by atoms with Crippen LogP contribution in [-0.4, -0.2) is 26.2 Å². The van der Waals surface area contributed by atoms with Crippen molar-refractivity contribution in [3.05, 3.63) is 29.8 Å². The van der Waals surface area contributed by atoms with Gasteiger partial charge in [-0.05, 0) is 26.3 Å². The highest BCUT2D eigenvalue weighted by molar-refractivity contribution is 5.46. The summed E-state index contributed by atoms with van der Waals surface area (Å²) in [6, 6.07) is 2.40. The number of hydrogen-bond donors (Lipinski definition) is 1. The molecule has 5 nitrogen and oxygen atoms in total. The van der Waals surface area contributed by atoms with E-state index in [0.717, 1.165) is 23.5 Å². The normalized spacial score (nSPS) is 12.6. The summed E-state index contributed by atoms with van der Waals surface area (Å²) in [5.74, 6) is 0. The number of rotatable bonds is 7. The van der Waals surface area contributed by atoms with E-state index < -0.39 is 6.67 Å². The van der Waals surface area contributed by atoms with Gasteiger partial charge in [-0.15, -0.1) is 0 Å². The summed E-state index contributed by atoms with van der Waals surface area (Å²) in [6.07, 6.45) is 4.61. The summed E-state index contributed by atoms with van der Waals surface area (Å²) < 4.78 is 16.1. The number of aryl methyl sites for hydroxylation is 1. The second-order valence-corrected chi connectivity index (χ2v) is 4.93. The number of aromatic nitrogens is 4. The summed E-state index contributed by atoms with van der Waals surface area (Å²) >= 11 is 0. The summed E-state index contributed by atoms with van der Waals surface area (Å²) in [5.41, 5.74) is 3.03. The van der Waals surface area contributed by atoms with Gasteiger partial charge in [-0.25, -0.2) is 4.39 Å². The molecule has 1 atom stereocenters. The van der Waals surface area contributed by atoms with Gasteiger partial charge in [-0.2, -0.15) is 10.2 Å². The van der Waals surface area contributed by atoms with Crippen molar-refractivity contribution >= 4 is 5.69 Å². The van der Waals surface area contributed by atoms with Gasteiger partial charge in [0.25, 0.3) is 0 Å². The van der Waals surface area contributed by atoms with Crippen molar-refractivity contribution in [3.63, 3.8) is 0 Å². The van der Waals surface area contributed by atoms with E-state index in [1.807, 2.05) is 23.9 Å². The van der Waals surface area contributed by atoms with Crippen LogP contribution in [0.5, 0.6) is 0 Å². The van der Waals surface area contributed by atoms with Gasteiger partial charge in [-0.1, -0.05) is 6.92 Å². The molecule has 2 rings (SSSR count). The maximum absolute atomic E-state index is 12.4. The van der Waals surface area contributed by atoms with Crippen LogP contribution in [-0.2, 0) is 13.1 Å². The Labute approximate surface area is 118 Å². The molecule has 0 saturated carbocycles. The lowest BCUT2D eigenvalue weighted by molar-refractivity contribution is 0.423. The number of anilines is 1. The third-order valence-electron chi connectivity index (χ3n) is 3.62. The molecule has 2 aromatic heterocycles. The molecular formula is C14H22FN5. The minimum absolute atomic E-state index is 0.304. The van der Waals surface area contributed by atoms with Crippen LogP contribution in [0.3, 0.4) is 0 Å². The number of alkyl halides is 1. The zero-order valence-electron chi connectivity index (χ0n) is 12.3. The molecule has 2 aromatic rings. The molecule has 0 radical (unpaired) electrons. The molecule has 20 heavy (non-hydrogen) atoms. The van der Waals surface area contributed by atoms with E-state index in [1.54, 1.807) is 10.9 Å². The fraction of sp³-hybridized carbons (Fsp3) is 0.571. The molecule has 0 aliphatic heterocycles. The van der Waals surface area contributed by atoms with Crippen molar-refractivity contribution in [1.29, 1.82) is 0 Å². The van der Waals surface area contributed by atoms with Gasteiger partial charge in [0.05, 0.1) is 36.4 Å². The van der Waals surface area contributed by atoms with Crippen LogP contribution < -0.4 is 5.32 Å². The topological polar surface area (TPSA) is 47.7 Å². The zero-order chi connectivity index (χ0) is 14.5. The Morgan fingerprint density at radius 1 is 1.40 bits per heavy atom. The zero-order valence-corrected chi connectivity index (χ0v) is 12.3. The predicted molar refractivity (Wildman–Crippen MR) is 77.5 cm³/mol. The van der Waals surface area contributed by atoms with E-state index in [4.69, 9.17) is 0 Å². The first kappa shape index (κ1) is 14.6. The standard InChI is InChI=1S/C14H22FN5/c1-4-11(2)20-13(5-7-17-20)9-16-14-10-18-19(8-6-15)12(14)3/h5,7,10-11,16H,4,6,8-9H2,1-3H3. The largest absolute Gasteiger partial charge is 0.377 e. The average molecular weight is 279 g/mol. The monoisotopic (exact) mass is 279 g/mol. The molecule has 0 aromatic carbocycles. The van der Waals surface area contributed by atoms with Gasteiger partial charge in [0.1, 0.15) is 6.67 Å². The van der Waals surface area contributed by atoms with Crippen molar-refractivity contribution < 1.29 is 4.39 Å². The maximum Gasteiger partial charge on any atom is 0.109 e. The fourth-order valence-corrected chi connectivity index (χ4v) is 2.16. The quantitative estimate of drug-likeness (QED) is 0.847. The van der Waals surface area contributed by atoms with Gasteiger partial charge in [0.15, 0.2) is 0 Å². The second kappa shape index (κ2) is 6.54. The predicted octanol–water partition coefficient (Wildman–Crippen LogP) is 2.94. The van der Waals surface area contributed by atoms with Crippen LogP contribution in [0.2, 0.25) is 0 Å². The number of hydrogen-bond acceptors (Lipinski definition) is 3. The van der Waals surface area contributed by atoms with Crippen LogP contribution in [0.25, 0.3) is 0 Å². The Hall–Kier alpha value is -1.85. The van der Waals surface area contributed by atoms with Crippen LogP contribution in [0.15, 0.2) is 18.5 Å². The number of nitrogens with one attached hydrogen (secondary N) is 1. The molecule has 0 aliphatic rings. The molecule has 0 aliphatic carbocycles. The van der Waals surface area contributed by atoms with Crippen molar-refractivity contribution in [2.45, 2.75) is 46.3 Å². The van der Waals surface area contributed by atoms with Crippen LogP contribution in [0.4, 0.5) is 10.1 Å². The molecule has 0 amide bonds. The first-order chi connectivity index (χ1) is 9.67. The fourth-order valence-electron chi connectivity index (χ4n) is 2.16. The minimum Gasteiger partial charge on any atom is -0.377 e. The highest BCUT2D eigenvalue weighted by atomic mass is 19.1. The lowest BCUT2D eigenvalue weighted by Crippen LogP contribution is -2.13. The highest BCUT2D eigenvalue weighted by Gasteiger charge is 2.10. The Bertz CT molecular complexity index is 546. The van der Waals surface area contributed by atoms with E-state index in [-0.39, 0.29) is 0 Å². The molecule has 6 heteroatoms. The molecule has 0 bridgehead atoms. The molecule has 1 N–H and O–H groups in total. The van der Waals surface area contributed by atoms with E-state index >= 15 is 0 Å². The molecule has 1 unspecified atom stereocenters. The van der Waals surface area contributed by atoms with Crippen molar-refractivity contribution in [2.24, 2.45) is 0 Å². The first-order valence-electron chi connectivity index (χ1n) is 7.02. The summed E-state index contributed by atoms with van der Waals surface area (Å²) in [5, 5.41) is 11.9. The van der Waals surface area contributed by atoms with Gasteiger partial charge in [0.2, 0.25) is 0 Å². The van der Waals surface area contributed by atoms with Crippen molar-refractivity contribution in [2.75, 3.05) is 12.0 Å². The van der Waals surface area contributed by atoms with Crippen molar-refractivity contribution in [1.82, 2.24) is 19.6 Å². The Morgan fingerprint density at radius 2 is 2.20 bits per heavy atom. The molecule has 2 heterocycles. The maximum atomic E-state index is 12.4. The van der Waals surface area contributed by atoms with Gasteiger partial charge in [-0.3, -0.25) is 9.36 Å². The van der Waals surface area contributed by atoms with E-state index in [0.29, 0.717) is 19.1 Å². The summed E-state index contributed by atoms with van der Waals surface area (Å²) in [6.45, 7) is 6.83. The van der Waals surface area contributed by atoms with Gasteiger partial charge < -0.3 is 5.32 Å². The third kappa shape index (κ3) is 3.00. The minimum atomic E-state index is -0.400. The Morgan fingerprint density at radius 3 is 2.90 bits per heavy atom. The second-order valence-electron chi connectivity index (χ2n) is 4.93.